The first-order valence-electron chi connectivity index (χ1n) is 6.32. The van der Waals surface area contributed by atoms with Gasteiger partial charge in [-0.05, 0) is 18.6 Å². The van der Waals surface area contributed by atoms with Gasteiger partial charge >= 0.3 is 0 Å². The van der Waals surface area contributed by atoms with Gasteiger partial charge in [0.05, 0.1) is 11.0 Å². The standard InChI is InChI=1S/C14H21N5/c1-10-7-6-8-11-13(10)17-12(16-11)9-15-14(18(2)3)19(4)5/h6-8H,9H2,1-5H3,(H,16,17). The van der Waals surface area contributed by atoms with Crippen LogP contribution >= 0.6 is 0 Å². The van der Waals surface area contributed by atoms with Crippen LogP contribution in [0, 0.1) is 6.92 Å². The highest BCUT2D eigenvalue weighted by Gasteiger charge is 2.07. The van der Waals surface area contributed by atoms with Gasteiger partial charge in [-0.25, -0.2) is 9.98 Å². The molecule has 0 aliphatic rings. The predicted octanol–water partition coefficient (Wildman–Crippen LogP) is 1.85. The lowest BCUT2D eigenvalue weighted by Gasteiger charge is -2.22. The third-order valence-corrected chi connectivity index (χ3v) is 2.93. The van der Waals surface area contributed by atoms with E-state index in [2.05, 4.69) is 28.0 Å². The minimum atomic E-state index is 0.555. The number of hydrogen-bond donors (Lipinski definition) is 1. The first-order chi connectivity index (χ1) is 8.99. The molecule has 0 aliphatic heterocycles. The van der Waals surface area contributed by atoms with Gasteiger partial charge in [-0.15, -0.1) is 0 Å². The Bertz CT molecular complexity index is 585. The van der Waals surface area contributed by atoms with Crippen LogP contribution in [0.5, 0.6) is 0 Å². The van der Waals surface area contributed by atoms with E-state index >= 15 is 0 Å². The number of H-pyrrole nitrogens is 1. The number of nitrogens with one attached hydrogen (secondary N) is 1. The molecule has 1 aromatic heterocycles. The smallest absolute Gasteiger partial charge is 0.195 e. The predicted molar refractivity (Wildman–Crippen MR) is 79.3 cm³/mol. The van der Waals surface area contributed by atoms with E-state index in [1.807, 2.05) is 50.1 Å². The van der Waals surface area contributed by atoms with Crippen molar-refractivity contribution in [2.24, 2.45) is 4.99 Å². The van der Waals surface area contributed by atoms with Gasteiger partial charge in [0.15, 0.2) is 5.96 Å². The molecular weight excluding hydrogens is 238 g/mol. The van der Waals surface area contributed by atoms with Crippen molar-refractivity contribution in [1.82, 2.24) is 19.8 Å². The van der Waals surface area contributed by atoms with Crippen molar-refractivity contribution in [3.05, 3.63) is 29.6 Å². The van der Waals surface area contributed by atoms with E-state index in [1.165, 1.54) is 5.56 Å². The minimum absolute atomic E-state index is 0.555. The lowest BCUT2D eigenvalue weighted by molar-refractivity contribution is 0.479. The number of aromatic nitrogens is 2. The highest BCUT2D eigenvalue weighted by molar-refractivity contribution is 5.80. The Morgan fingerprint density at radius 2 is 1.89 bits per heavy atom. The summed E-state index contributed by atoms with van der Waals surface area (Å²) in [5.41, 5.74) is 3.29. The van der Waals surface area contributed by atoms with Crippen molar-refractivity contribution in [3.8, 4) is 0 Å². The third-order valence-electron chi connectivity index (χ3n) is 2.93. The van der Waals surface area contributed by atoms with Gasteiger partial charge in [0.2, 0.25) is 0 Å². The maximum absolute atomic E-state index is 4.60. The third kappa shape index (κ3) is 2.86. The molecule has 0 unspecified atom stereocenters. The van der Waals surface area contributed by atoms with E-state index in [0.29, 0.717) is 6.54 Å². The maximum atomic E-state index is 4.60. The van der Waals surface area contributed by atoms with Gasteiger partial charge in [0.1, 0.15) is 12.4 Å². The van der Waals surface area contributed by atoms with Crippen molar-refractivity contribution >= 4 is 17.0 Å². The number of benzene rings is 1. The molecular formula is C14H21N5. The van der Waals surface area contributed by atoms with Crippen LogP contribution in [-0.2, 0) is 6.54 Å². The number of para-hydroxylation sites is 1. The minimum Gasteiger partial charge on any atom is -0.349 e. The van der Waals surface area contributed by atoms with Gasteiger partial charge in [0.25, 0.3) is 0 Å². The molecule has 0 spiro atoms. The number of hydrogen-bond acceptors (Lipinski definition) is 2. The lowest BCUT2D eigenvalue weighted by atomic mass is 10.2. The Morgan fingerprint density at radius 1 is 1.21 bits per heavy atom. The summed E-state index contributed by atoms with van der Waals surface area (Å²) in [7, 11) is 7.95. The summed E-state index contributed by atoms with van der Waals surface area (Å²) in [6.45, 7) is 2.63. The Balaban J connectivity index is 2.26. The van der Waals surface area contributed by atoms with Crippen LogP contribution in [0.2, 0.25) is 0 Å². The fourth-order valence-electron chi connectivity index (χ4n) is 2.13. The molecule has 0 fully saturated rings. The van der Waals surface area contributed by atoms with Crippen molar-refractivity contribution < 1.29 is 0 Å². The zero-order valence-corrected chi connectivity index (χ0v) is 12.2. The molecule has 1 N–H and O–H groups in total. The highest BCUT2D eigenvalue weighted by atomic mass is 15.3. The van der Waals surface area contributed by atoms with Crippen LogP contribution in [0.25, 0.3) is 11.0 Å². The highest BCUT2D eigenvalue weighted by Crippen LogP contribution is 2.15. The molecule has 0 radical (unpaired) electrons. The maximum Gasteiger partial charge on any atom is 0.195 e. The van der Waals surface area contributed by atoms with Gasteiger partial charge in [-0.1, -0.05) is 12.1 Å². The number of rotatable bonds is 2. The second-order valence-electron chi connectivity index (χ2n) is 5.06. The summed E-state index contributed by atoms with van der Waals surface area (Å²) in [6, 6.07) is 6.15. The Labute approximate surface area is 114 Å². The van der Waals surface area contributed by atoms with Crippen LogP contribution in [-0.4, -0.2) is 53.9 Å². The lowest BCUT2D eigenvalue weighted by Crippen LogP contribution is -2.35. The topological polar surface area (TPSA) is 47.5 Å². The number of aryl methyl sites for hydroxylation is 1. The number of guanidine groups is 1. The second kappa shape index (κ2) is 5.30. The average Bonchev–Trinajstić information content (AvgIpc) is 2.72. The summed E-state index contributed by atoms with van der Waals surface area (Å²) in [5.74, 6) is 1.82. The van der Waals surface area contributed by atoms with E-state index < -0.39 is 0 Å². The van der Waals surface area contributed by atoms with Crippen molar-refractivity contribution in [1.29, 1.82) is 0 Å². The number of nitrogens with zero attached hydrogens (tertiary/aromatic N) is 4. The molecule has 19 heavy (non-hydrogen) atoms. The fourth-order valence-corrected chi connectivity index (χ4v) is 2.13. The molecule has 5 nitrogen and oxygen atoms in total. The summed E-state index contributed by atoms with van der Waals surface area (Å²) >= 11 is 0. The summed E-state index contributed by atoms with van der Waals surface area (Å²) < 4.78 is 0. The quantitative estimate of drug-likeness (QED) is 0.661. The molecule has 1 aromatic carbocycles. The molecule has 5 heteroatoms. The largest absolute Gasteiger partial charge is 0.349 e. The van der Waals surface area contributed by atoms with Gasteiger partial charge in [0, 0.05) is 28.2 Å². The molecule has 2 aromatic rings. The zero-order valence-electron chi connectivity index (χ0n) is 12.2. The second-order valence-corrected chi connectivity index (χ2v) is 5.06. The Hall–Kier alpha value is -2.04. The van der Waals surface area contributed by atoms with E-state index in [4.69, 9.17) is 0 Å². The summed E-state index contributed by atoms with van der Waals surface area (Å²) in [4.78, 5) is 16.5. The monoisotopic (exact) mass is 259 g/mol. The molecule has 0 aliphatic carbocycles. The molecule has 0 saturated heterocycles. The SMILES string of the molecule is Cc1cccc2[nH]c(CN=C(N(C)C)N(C)C)nc12. The molecule has 0 atom stereocenters. The van der Waals surface area contributed by atoms with Crippen LogP contribution < -0.4 is 0 Å². The Kier molecular flexibility index (Phi) is 3.74. The van der Waals surface area contributed by atoms with E-state index in [0.717, 1.165) is 22.8 Å². The van der Waals surface area contributed by atoms with Crippen molar-refractivity contribution in [3.63, 3.8) is 0 Å². The first-order valence-corrected chi connectivity index (χ1v) is 6.32. The molecule has 102 valence electrons. The molecule has 0 bridgehead atoms. The normalized spacial score (nSPS) is 10.6. The number of aliphatic imine (C=N–C) groups is 1. The molecule has 2 rings (SSSR count). The first kappa shape index (κ1) is 13.4. The number of fused-ring (bicyclic) bond motifs is 1. The zero-order chi connectivity index (χ0) is 14.0. The van der Waals surface area contributed by atoms with E-state index in [1.54, 1.807) is 0 Å². The van der Waals surface area contributed by atoms with Crippen LogP contribution in [0.3, 0.4) is 0 Å². The Morgan fingerprint density at radius 3 is 2.47 bits per heavy atom. The summed E-state index contributed by atoms with van der Waals surface area (Å²) in [6.07, 6.45) is 0. The molecule has 1 heterocycles. The average molecular weight is 259 g/mol. The van der Waals surface area contributed by atoms with Crippen LogP contribution in [0.4, 0.5) is 0 Å². The van der Waals surface area contributed by atoms with Gasteiger partial charge < -0.3 is 14.8 Å². The van der Waals surface area contributed by atoms with Gasteiger partial charge in [-0.3, -0.25) is 0 Å². The molecule has 0 amide bonds. The molecule has 0 saturated carbocycles. The fraction of sp³-hybridized carbons (Fsp3) is 0.429. The van der Waals surface area contributed by atoms with Crippen molar-refractivity contribution in [2.45, 2.75) is 13.5 Å². The number of aromatic amines is 1. The van der Waals surface area contributed by atoms with Crippen molar-refractivity contribution in [2.75, 3.05) is 28.2 Å². The van der Waals surface area contributed by atoms with E-state index in [9.17, 15) is 0 Å². The van der Waals surface area contributed by atoms with Crippen LogP contribution in [0.15, 0.2) is 23.2 Å². The van der Waals surface area contributed by atoms with E-state index in [-0.39, 0.29) is 0 Å². The van der Waals surface area contributed by atoms with Crippen LogP contribution in [0.1, 0.15) is 11.4 Å². The van der Waals surface area contributed by atoms with Gasteiger partial charge in [-0.2, -0.15) is 0 Å². The summed E-state index contributed by atoms with van der Waals surface area (Å²) in [5, 5.41) is 0. The number of imidazole rings is 1.